The Hall–Kier alpha value is -2.97. The van der Waals surface area contributed by atoms with Crippen molar-refractivity contribution in [3.05, 3.63) is 23.8 Å². The standard InChI is InChI=1S/C23H33N3O6/c1-23(2,3)32-22(29)26-10-6-7-17(26)21(28)25-13-11-24(12-14-25)20(27)16-8-9-18(30-4)19(15-16)31-5/h8-9,15,17H,6-7,10-14H2,1-5H3/t17-/m0/s1. The molecule has 176 valence electrons. The van der Waals surface area contributed by atoms with Crippen molar-refractivity contribution in [2.45, 2.75) is 45.3 Å². The van der Waals surface area contributed by atoms with Crippen LogP contribution in [0.1, 0.15) is 44.0 Å². The van der Waals surface area contributed by atoms with Gasteiger partial charge in [0, 0.05) is 38.3 Å². The van der Waals surface area contributed by atoms with Gasteiger partial charge in [0.2, 0.25) is 5.91 Å². The van der Waals surface area contributed by atoms with Crippen LogP contribution in [0.15, 0.2) is 18.2 Å². The molecule has 0 N–H and O–H groups in total. The summed E-state index contributed by atoms with van der Waals surface area (Å²) in [7, 11) is 3.07. The van der Waals surface area contributed by atoms with Gasteiger partial charge in [0.05, 0.1) is 14.2 Å². The largest absolute Gasteiger partial charge is 0.493 e. The molecular weight excluding hydrogens is 414 g/mol. The Balaban J connectivity index is 1.60. The third-order valence-corrected chi connectivity index (χ3v) is 5.67. The van der Waals surface area contributed by atoms with E-state index < -0.39 is 17.7 Å². The Morgan fingerprint density at radius 2 is 1.53 bits per heavy atom. The van der Waals surface area contributed by atoms with Gasteiger partial charge in [0.25, 0.3) is 5.91 Å². The summed E-state index contributed by atoms with van der Waals surface area (Å²) in [4.78, 5) is 43.6. The fraction of sp³-hybridized carbons (Fsp3) is 0.609. The number of carbonyl (C=O) groups is 3. The maximum Gasteiger partial charge on any atom is 0.410 e. The van der Waals surface area contributed by atoms with E-state index >= 15 is 0 Å². The van der Waals surface area contributed by atoms with Crippen LogP contribution >= 0.6 is 0 Å². The lowest BCUT2D eigenvalue weighted by molar-refractivity contribution is -0.137. The molecule has 2 fully saturated rings. The van der Waals surface area contributed by atoms with Crippen molar-refractivity contribution in [2.24, 2.45) is 0 Å². The fourth-order valence-corrected chi connectivity index (χ4v) is 4.06. The van der Waals surface area contributed by atoms with E-state index in [9.17, 15) is 14.4 Å². The highest BCUT2D eigenvalue weighted by atomic mass is 16.6. The monoisotopic (exact) mass is 447 g/mol. The number of rotatable bonds is 4. The molecule has 0 bridgehead atoms. The number of piperazine rings is 1. The van der Waals surface area contributed by atoms with Crippen molar-refractivity contribution in [1.82, 2.24) is 14.7 Å². The SMILES string of the molecule is COc1ccc(C(=O)N2CCN(C(=O)[C@@H]3CCCN3C(=O)OC(C)(C)C)CC2)cc1OC. The number of likely N-dealkylation sites (tertiary alicyclic amines) is 1. The van der Waals surface area contributed by atoms with Gasteiger partial charge in [0.1, 0.15) is 11.6 Å². The molecule has 2 heterocycles. The summed E-state index contributed by atoms with van der Waals surface area (Å²) in [6, 6.07) is 4.57. The van der Waals surface area contributed by atoms with Crippen molar-refractivity contribution in [3.8, 4) is 11.5 Å². The van der Waals surface area contributed by atoms with Crippen LogP contribution in [-0.4, -0.2) is 91.2 Å². The maximum atomic E-state index is 13.1. The number of hydrogen-bond acceptors (Lipinski definition) is 6. The van der Waals surface area contributed by atoms with E-state index in [0.29, 0.717) is 56.2 Å². The Morgan fingerprint density at radius 3 is 2.12 bits per heavy atom. The maximum absolute atomic E-state index is 13.1. The van der Waals surface area contributed by atoms with Crippen molar-refractivity contribution in [1.29, 1.82) is 0 Å². The molecule has 3 rings (SSSR count). The van der Waals surface area contributed by atoms with E-state index in [1.165, 1.54) is 12.0 Å². The summed E-state index contributed by atoms with van der Waals surface area (Å²) < 4.78 is 16.0. The molecule has 1 atom stereocenters. The van der Waals surface area contributed by atoms with Crippen LogP contribution in [0.5, 0.6) is 11.5 Å². The third kappa shape index (κ3) is 5.26. The van der Waals surface area contributed by atoms with Crippen molar-refractivity contribution in [2.75, 3.05) is 46.9 Å². The molecule has 2 aliphatic heterocycles. The molecular formula is C23H33N3O6. The Bertz CT molecular complexity index is 858. The summed E-state index contributed by atoms with van der Waals surface area (Å²) in [6.45, 7) is 7.66. The van der Waals surface area contributed by atoms with E-state index in [-0.39, 0.29) is 11.8 Å². The quantitative estimate of drug-likeness (QED) is 0.704. The molecule has 0 aliphatic carbocycles. The molecule has 3 amide bonds. The van der Waals surface area contributed by atoms with E-state index in [1.54, 1.807) is 35.1 Å². The zero-order chi connectivity index (χ0) is 23.5. The van der Waals surface area contributed by atoms with Crippen molar-refractivity contribution >= 4 is 17.9 Å². The van der Waals surface area contributed by atoms with E-state index in [0.717, 1.165) is 6.42 Å². The van der Waals surface area contributed by atoms with E-state index in [4.69, 9.17) is 14.2 Å². The van der Waals surface area contributed by atoms with Crippen molar-refractivity contribution < 1.29 is 28.6 Å². The number of benzene rings is 1. The molecule has 9 heteroatoms. The number of amides is 3. The number of nitrogens with zero attached hydrogens (tertiary/aromatic N) is 3. The van der Waals surface area contributed by atoms with Crippen LogP contribution in [0.2, 0.25) is 0 Å². The lowest BCUT2D eigenvalue weighted by Crippen LogP contribution is -2.55. The minimum atomic E-state index is -0.608. The molecule has 1 aromatic carbocycles. The molecule has 2 saturated heterocycles. The van der Waals surface area contributed by atoms with Gasteiger partial charge >= 0.3 is 6.09 Å². The summed E-state index contributed by atoms with van der Waals surface area (Å²) in [5, 5.41) is 0. The zero-order valence-electron chi connectivity index (χ0n) is 19.6. The zero-order valence-corrected chi connectivity index (χ0v) is 19.6. The third-order valence-electron chi connectivity index (χ3n) is 5.67. The summed E-state index contributed by atoms with van der Waals surface area (Å²) in [5.74, 6) is 0.863. The van der Waals surface area contributed by atoms with Gasteiger partial charge in [-0.2, -0.15) is 0 Å². The van der Waals surface area contributed by atoms with Gasteiger partial charge in [-0.15, -0.1) is 0 Å². The summed E-state index contributed by atoms with van der Waals surface area (Å²) >= 11 is 0. The topological polar surface area (TPSA) is 88.6 Å². The normalized spacial score (nSPS) is 19.0. The van der Waals surface area contributed by atoms with Crippen LogP contribution in [-0.2, 0) is 9.53 Å². The summed E-state index contributed by atoms with van der Waals surface area (Å²) in [6.07, 6.45) is 0.951. The van der Waals surface area contributed by atoms with Crippen LogP contribution in [0.25, 0.3) is 0 Å². The average molecular weight is 448 g/mol. The number of carbonyl (C=O) groups excluding carboxylic acids is 3. The average Bonchev–Trinajstić information content (AvgIpc) is 3.27. The number of ether oxygens (including phenoxy) is 3. The smallest absolute Gasteiger partial charge is 0.410 e. The second-order valence-electron chi connectivity index (χ2n) is 9.02. The Kier molecular flexibility index (Phi) is 7.16. The second-order valence-corrected chi connectivity index (χ2v) is 9.02. The van der Waals surface area contributed by atoms with Crippen LogP contribution in [0.3, 0.4) is 0 Å². The highest BCUT2D eigenvalue weighted by molar-refractivity contribution is 5.95. The first-order valence-electron chi connectivity index (χ1n) is 10.9. The van der Waals surface area contributed by atoms with Crippen LogP contribution in [0, 0.1) is 0 Å². The van der Waals surface area contributed by atoms with E-state index in [1.807, 2.05) is 20.8 Å². The van der Waals surface area contributed by atoms with Gasteiger partial charge in [-0.1, -0.05) is 0 Å². The molecule has 9 nitrogen and oxygen atoms in total. The second kappa shape index (κ2) is 9.67. The molecule has 32 heavy (non-hydrogen) atoms. The lowest BCUT2D eigenvalue weighted by atomic mass is 10.1. The minimum absolute atomic E-state index is 0.0772. The number of methoxy groups -OCH3 is 2. The van der Waals surface area contributed by atoms with Crippen LogP contribution < -0.4 is 9.47 Å². The molecule has 0 saturated carbocycles. The first-order chi connectivity index (χ1) is 15.1. The minimum Gasteiger partial charge on any atom is -0.493 e. The van der Waals surface area contributed by atoms with Gasteiger partial charge in [-0.25, -0.2) is 4.79 Å². The number of hydrogen-bond donors (Lipinski definition) is 0. The lowest BCUT2D eigenvalue weighted by Gasteiger charge is -2.37. The highest BCUT2D eigenvalue weighted by Gasteiger charge is 2.39. The van der Waals surface area contributed by atoms with Gasteiger partial charge < -0.3 is 24.0 Å². The van der Waals surface area contributed by atoms with Crippen molar-refractivity contribution in [3.63, 3.8) is 0 Å². The Morgan fingerprint density at radius 1 is 0.906 bits per heavy atom. The van der Waals surface area contributed by atoms with E-state index in [2.05, 4.69) is 0 Å². The first-order valence-corrected chi connectivity index (χ1v) is 10.9. The predicted molar refractivity (Wildman–Crippen MR) is 118 cm³/mol. The van der Waals surface area contributed by atoms with Crippen LogP contribution in [0.4, 0.5) is 4.79 Å². The fourth-order valence-electron chi connectivity index (χ4n) is 4.06. The molecule has 0 unspecified atom stereocenters. The molecule has 0 radical (unpaired) electrons. The van der Waals surface area contributed by atoms with Gasteiger partial charge in [-0.3, -0.25) is 14.5 Å². The molecule has 2 aliphatic rings. The molecule has 1 aromatic rings. The summed E-state index contributed by atoms with van der Waals surface area (Å²) in [5.41, 5.74) is -0.0991. The van der Waals surface area contributed by atoms with Gasteiger partial charge in [0.15, 0.2) is 11.5 Å². The molecule has 0 spiro atoms. The molecule has 0 aromatic heterocycles. The highest BCUT2D eigenvalue weighted by Crippen LogP contribution is 2.28. The Labute approximate surface area is 189 Å². The van der Waals surface area contributed by atoms with Gasteiger partial charge in [-0.05, 0) is 51.8 Å². The predicted octanol–water partition coefficient (Wildman–Crippen LogP) is 2.39. The first kappa shape index (κ1) is 23.7.